The van der Waals surface area contributed by atoms with Crippen LogP contribution < -0.4 is 5.32 Å². The highest BCUT2D eigenvalue weighted by Crippen LogP contribution is 2.27. The molecule has 0 aromatic rings. The molecule has 2 rings (SSSR count). The second-order valence-electron chi connectivity index (χ2n) is 5.94. The lowest BCUT2D eigenvalue weighted by molar-refractivity contribution is -0.0707. The smallest absolute Gasteiger partial charge is 0.0565 e. The third-order valence-corrected chi connectivity index (χ3v) is 4.23. The van der Waals surface area contributed by atoms with E-state index in [-0.39, 0.29) is 0 Å². The first-order valence-corrected chi connectivity index (χ1v) is 7.23. The van der Waals surface area contributed by atoms with Gasteiger partial charge in [-0.05, 0) is 65.6 Å². The topological polar surface area (TPSA) is 24.5 Å². The number of hydrogen-bond donors (Lipinski definition) is 1. The van der Waals surface area contributed by atoms with Crippen molar-refractivity contribution in [1.29, 1.82) is 0 Å². The van der Waals surface area contributed by atoms with E-state index in [2.05, 4.69) is 31.1 Å². The highest BCUT2D eigenvalue weighted by Gasteiger charge is 2.31. The van der Waals surface area contributed by atoms with Gasteiger partial charge in [0.25, 0.3) is 0 Å². The number of likely N-dealkylation sites (tertiary alicyclic amines) is 1. The second kappa shape index (κ2) is 6.17. The maximum Gasteiger partial charge on any atom is 0.0565 e. The van der Waals surface area contributed by atoms with Crippen molar-refractivity contribution in [2.75, 3.05) is 26.7 Å². The third kappa shape index (κ3) is 3.67. The van der Waals surface area contributed by atoms with Crippen LogP contribution in [0.5, 0.6) is 0 Å². The lowest BCUT2D eigenvalue weighted by atomic mass is 9.92. The molecule has 3 atom stereocenters. The van der Waals surface area contributed by atoms with E-state index in [0.29, 0.717) is 12.2 Å². The Morgan fingerprint density at radius 2 is 1.94 bits per heavy atom. The van der Waals surface area contributed by atoms with Crippen LogP contribution in [0.2, 0.25) is 0 Å². The molecule has 100 valence electrons. The Hall–Kier alpha value is -0.120. The van der Waals surface area contributed by atoms with E-state index < -0.39 is 0 Å². The zero-order chi connectivity index (χ0) is 12.3. The van der Waals surface area contributed by atoms with Crippen LogP contribution in [-0.4, -0.2) is 49.8 Å². The minimum absolute atomic E-state index is 0.438. The minimum Gasteiger partial charge on any atom is -0.375 e. The Labute approximate surface area is 106 Å². The van der Waals surface area contributed by atoms with Crippen molar-refractivity contribution in [2.45, 2.75) is 57.8 Å². The zero-order valence-electron chi connectivity index (χ0n) is 11.6. The summed E-state index contributed by atoms with van der Waals surface area (Å²) in [5.41, 5.74) is 0. The molecule has 17 heavy (non-hydrogen) atoms. The van der Waals surface area contributed by atoms with Gasteiger partial charge in [-0.3, -0.25) is 4.90 Å². The molecule has 0 radical (unpaired) electrons. The van der Waals surface area contributed by atoms with E-state index in [0.717, 1.165) is 12.0 Å². The molecule has 0 spiro atoms. The first-order valence-electron chi connectivity index (χ1n) is 7.23. The Bertz CT molecular complexity index is 222. The molecule has 3 nitrogen and oxygen atoms in total. The summed E-state index contributed by atoms with van der Waals surface area (Å²) in [5, 5.41) is 3.33. The number of nitrogens with one attached hydrogen (secondary N) is 1. The van der Waals surface area contributed by atoms with Gasteiger partial charge in [-0.1, -0.05) is 0 Å². The van der Waals surface area contributed by atoms with Crippen LogP contribution in [0.3, 0.4) is 0 Å². The fourth-order valence-corrected chi connectivity index (χ4v) is 3.55. The third-order valence-electron chi connectivity index (χ3n) is 4.23. The molecule has 2 fully saturated rings. The Morgan fingerprint density at radius 3 is 2.59 bits per heavy atom. The lowest BCUT2D eigenvalue weighted by Gasteiger charge is -2.43. The van der Waals surface area contributed by atoms with Crippen LogP contribution in [0.4, 0.5) is 0 Å². The average Bonchev–Trinajstić information content (AvgIpc) is 2.28. The maximum absolute atomic E-state index is 5.84. The molecule has 0 amide bonds. The molecule has 0 aromatic carbocycles. The van der Waals surface area contributed by atoms with Crippen molar-refractivity contribution in [2.24, 2.45) is 5.92 Å². The van der Waals surface area contributed by atoms with Gasteiger partial charge in [0.1, 0.15) is 0 Å². The summed E-state index contributed by atoms with van der Waals surface area (Å²) in [6.07, 6.45) is 6.08. The molecular formula is C14H28N2O. The molecule has 0 saturated carbocycles. The number of hydrogen-bond acceptors (Lipinski definition) is 3. The SMILES string of the molecule is CNCC1CCCN(C2CC(C)OC(C)C2)C1. The molecule has 2 aliphatic heterocycles. The van der Waals surface area contributed by atoms with Crippen molar-refractivity contribution in [1.82, 2.24) is 10.2 Å². The molecule has 3 unspecified atom stereocenters. The molecule has 2 heterocycles. The predicted molar refractivity (Wildman–Crippen MR) is 71.3 cm³/mol. The summed E-state index contributed by atoms with van der Waals surface area (Å²) in [4.78, 5) is 2.72. The fraction of sp³-hybridized carbons (Fsp3) is 1.00. The van der Waals surface area contributed by atoms with Crippen molar-refractivity contribution in [3.05, 3.63) is 0 Å². The normalized spacial score (nSPS) is 40.4. The summed E-state index contributed by atoms with van der Waals surface area (Å²) < 4.78 is 5.84. The zero-order valence-corrected chi connectivity index (χ0v) is 11.6. The Kier molecular flexibility index (Phi) is 4.83. The lowest BCUT2D eigenvalue weighted by Crippen LogP contribution is -2.49. The van der Waals surface area contributed by atoms with Crippen LogP contribution in [0.1, 0.15) is 39.5 Å². The van der Waals surface area contributed by atoms with E-state index in [1.165, 1.54) is 45.3 Å². The van der Waals surface area contributed by atoms with Gasteiger partial charge in [-0.15, -0.1) is 0 Å². The van der Waals surface area contributed by atoms with Gasteiger partial charge in [0.2, 0.25) is 0 Å². The molecule has 1 N–H and O–H groups in total. The van der Waals surface area contributed by atoms with Crippen molar-refractivity contribution in [3.8, 4) is 0 Å². The standard InChI is InChI=1S/C14H28N2O/c1-11-7-14(8-12(2)17-11)16-6-4-5-13(10-16)9-15-3/h11-15H,4-10H2,1-3H3. The van der Waals surface area contributed by atoms with Gasteiger partial charge >= 0.3 is 0 Å². The van der Waals surface area contributed by atoms with E-state index in [1.54, 1.807) is 0 Å². The molecule has 2 aliphatic rings. The Balaban J connectivity index is 1.87. The predicted octanol–water partition coefficient (Wildman–Crippen LogP) is 1.87. The second-order valence-corrected chi connectivity index (χ2v) is 5.94. The summed E-state index contributed by atoms with van der Waals surface area (Å²) in [5.74, 6) is 0.849. The largest absolute Gasteiger partial charge is 0.375 e. The first-order chi connectivity index (χ1) is 8.19. The quantitative estimate of drug-likeness (QED) is 0.815. The molecule has 0 aliphatic carbocycles. The minimum atomic E-state index is 0.438. The highest BCUT2D eigenvalue weighted by atomic mass is 16.5. The number of rotatable bonds is 3. The molecule has 3 heteroatoms. The molecule has 0 aromatic heterocycles. The van der Waals surface area contributed by atoms with Crippen LogP contribution in [-0.2, 0) is 4.74 Å². The molecule has 0 bridgehead atoms. The van der Waals surface area contributed by atoms with Gasteiger partial charge < -0.3 is 10.1 Å². The van der Waals surface area contributed by atoms with Crippen LogP contribution in [0.15, 0.2) is 0 Å². The van der Waals surface area contributed by atoms with E-state index >= 15 is 0 Å². The summed E-state index contributed by atoms with van der Waals surface area (Å²) in [7, 11) is 2.07. The summed E-state index contributed by atoms with van der Waals surface area (Å²) in [6, 6.07) is 0.758. The molecule has 2 saturated heterocycles. The highest BCUT2D eigenvalue weighted by molar-refractivity contribution is 4.85. The van der Waals surface area contributed by atoms with Crippen molar-refractivity contribution in [3.63, 3.8) is 0 Å². The van der Waals surface area contributed by atoms with Crippen molar-refractivity contribution >= 4 is 0 Å². The molecular weight excluding hydrogens is 212 g/mol. The first kappa shape index (κ1) is 13.3. The summed E-state index contributed by atoms with van der Waals surface area (Å²) >= 11 is 0. The van der Waals surface area contributed by atoms with Gasteiger partial charge in [0.05, 0.1) is 12.2 Å². The average molecular weight is 240 g/mol. The van der Waals surface area contributed by atoms with Gasteiger partial charge in [0.15, 0.2) is 0 Å². The Morgan fingerprint density at radius 1 is 1.24 bits per heavy atom. The number of ether oxygens (including phenoxy) is 1. The summed E-state index contributed by atoms with van der Waals surface area (Å²) in [6.45, 7) is 8.19. The fourth-order valence-electron chi connectivity index (χ4n) is 3.55. The van der Waals surface area contributed by atoms with Crippen LogP contribution >= 0.6 is 0 Å². The monoisotopic (exact) mass is 240 g/mol. The van der Waals surface area contributed by atoms with Gasteiger partial charge in [0, 0.05) is 12.6 Å². The van der Waals surface area contributed by atoms with Gasteiger partial charge in [-0.25, -0.2) is 0 Å². The number of piperidine rings is 1. The van der Waals surface area contributed by atoms with E-state index in [9.17, 15) is 0 Å². The van der Waals surface area contributed by atoms with E-state index in [1.807, 2.05) is 0 Å². The number of nitrogens with zero attached hydrogens (tertiary/aromatic N) is 1. The van der Waals surface area contributed by atoms with Gasteiger partial charge in [-0.2, -0.15) is 0 Å². The van der Waals surface area contributed by atoms with Crippen LogP contribution in [0.25, 0.3) is 0 Å². The van der Waals surface area contributed by atoms with Crippen LogP contribution in [0, 0.1) is 5.92 Å². The van der Waals surface area contributed by atoms with Crippen molar-refractivity contribution < 1.29 is 4.74 Å². The van der Waals surface area contributed by atoms with E-state index in [4.69, 9.17) is 4.74 Å². The maximum atomic E-state index is 5.84.